The summed E-state index contributed by atoms with van der Waals surface area (Å²) in [6.07, 6.45) is -2.35. The predicted octanol–water partition coefficient (Wildman–Crippen LogP) is 3.48. The second kappa shape index (κ2) is 7.68. The van der Waals surface area contributed by atoms with Gasteiger partial charge in [0.15, 0.2) is 5.69 Å². The number of aliphatic hydroxyl groups is 1. The normalized spacial score (nSPS) is 17.2. The molecule has 2 N–H and O–H groups in total. The number of H-pyrrole nitrogens is 1. The van der Waals surface area contributed by atoms with Crippen molar-refractivity contribution in [2.75, 3.05) is 6.54 Å². The van der Waals surface area contributed by atoms with E-state index in [-0.39, 0.29) is 12.4 Å². The highest BCUT2D eigenvalue weighted by Gasteiger charge is 2.40. The van der Waals surface area contributed by atoms with Gasteiger partial charge in [0, 0.05) is 18.7 Å². The number of nitrogens with one attached hydrogen (secondary N) is 1. The van der Waals surface area contributed by atoms with E-state index in [2.05, 4.69) is 20.1 Å². The molecule has 5 rings (SSSR count). The van der Waals surface area contributed by atoms with Crippen LogP contribution in [0.25, 0.3) is 5.52 Å². The number of oxazole rings is 1. The molecule has 0 unspecified atom stereocenters. The number of carbonyl (C=O) groups excluding carboxylic acids is 1. The van der Waals surface area contributed by atoms with Gasteiger partial charge in [0.05, 0.1) is 23.2 Å². The monoisotopic (exact) mass is 462 g/mol. The quantitative estimate of drug-likeness (QED) is 0.449. The zero-order chi connectivity index (χ0) is 22.6. The van der Waals surface area contributed by atoms with Crippen LogP contribution in [0.15, 0.2) is 35.0 Å². The van der Waals surface area contributed by atoms with Crippen LogP contribution in [0.5, 0.6) is 0 Å². The smallest absolute Gasteiger partial charge is 0.292 e. The van der Waals surface area contributed by atoms with Crippen LogP contribution < -0.4 is 0 Å². The van der Waals surface area contributed by atoms with Gasteiger partial charge in [0.1, 0.15) is 17.3 Å². The summed E-state index contributed by atoms with van der Waals surface area (Å²) < 4.78 is 34.0. The molecular formula is C20H17ClF2N6O3. The lowest BCUT2D eigenvalue weighted by atomic mass is 9.99. The summed E-state index contributed by atoms with van der Waals surface area (Å²) in [4.78, 5) is 25.8. The van der Waals surface area contributed by atoms with Crippen molar-refractivity contribution in [1.29, 1.82) is 0 Å². The van der Waals surface area contributed by atoms with Crippen molar-refractivity contribution in [3.8, 4) is 0 Å². The number of imidazole rings is 1. The molecule has 0 aliphatic carbocycles. The van der Waals surface area contributed by atoms with E-state index >= 15 is 0 Å². The van der Waals surface area contributed by atoms with Crippen molar-refractivity contribution < 1.29 is 23.1 Å². The van der Waals surface area contributed by atoms with E-state index < -0.39 is 35.9 Å². The van der Waals surface area contributed by atoms with E-state index in [9.17, 15) is 18.7 Å². The summed E-state index contributed by atoms with van der Waals surface area (Å²) in [6.45, 7) is 1.52. The number of pyridine rings is 1. The summed E-state index contributed by atoms with van der Waals surface area (Å²) >= 11 is 6.24. The van der Waals surface area contributed by atoms with Gasteiger partial charge in [-0.2, -0.15) is 5.10 Å². The number of amides is 1. The zero-order valence-corrected chi connectivity index (χ0v) is 17.4. The Hall–Kier alpha value is -3.31. The van der Waals surface area contributed by atoms with Gasteiger partial charge in [0.2, 0.25) is 11.7 Å². The lowest BCUT2D eigenvalue weighted by Crippen LogP contribution is -2.41. The first-order valence-corrected chi connectivity index (χ1v) is 10.2. The van der Waals surface area contributed by atoms with Gasteiger partial charge in [-0.05, 0) is 25.1 Å². The van der Waals surface area contributed by atoms with Crippen LogP contribution in [0.4, 0.5) is 8.78 Å². The Morgan fingerprint density at radius 3 is 2.94 bits per heavy atom. The van der Waals surface area contributed by atoms with Gasteiger partial charge in [0.25, 0.3) is 12.3 Å². The molecule has 5 heterocycles. The Kier molecular flexibility index (Phi) is 4.94. The second-order valence-electron chi connectivity index (χ2n) is 7.41. The average Bonchev–Trinajstić information content (AvgIpc) is 3.49. The number of alkyl halides is 2. The minimum Gasteiger partial charge on any atom is -0.432 e. The number of hydrogen-bond acceptors (Lipinski definition) is 6. The number of aromatic amines is 1. The molecule has 166 valence electrons. The van der Waals surface area contributed by atoms with E-state index in [0.29, 0.717) is 28.5 Å². The number of hydrogen-bond donors (Lipinski definition) is 2. The third-order valence-corrected chi connectivity index (χ3v) is 5.64. The fraction of sp³-hybridized carbons (Fsp3) is 0.300. The van der Waals surface area contributed by atoms with Crippen LogP contribution >= 0.6 is 11.6 Å². The maximum absolute atomic E-state index is 13.6. The Balaban J connectivity index is 1.63. The lowest BCUT2D eigenvalue weighted by molar-refractivity contribution is 0.0631. The number of halogens is 3. The maximum atomic E-state index is 13.6. The minimum atomic E-state index is -3.05. The van der Waals surface area contributed by atoms with E-state index in [0.717, 1.165) is 5.69 Å². The van der Waals surface area contributed by atoms with Gasteiger partial charge < -0.3 is 19.4 Å². The fourth-order valence-corrected chi connectivity index (χ4v) is 4.10. The fourth-order valence-electron chi connectivity index (χ4n) is 3.89. The Morgan fingerprint density at radius 1 is 1.41 bits per heavy atom. The molecule has 4 aromatic rings. The number of nitrogens with zero attached hydrogens (tertiary/aromatic N) is 5. The average molecular weight is 463 g/mol. The second-order valence-corrected chi connectivity index (χ2v) is 7.80. The lowest BCUT2D eigenvalue weighted by Gasteiger charge is -2.33. The van der Waals surface area contributed by atoms with Crippen LogP contribution in [-0.2, 0) is 6.42 Å². The molecule has 0 fully saturated rings. The highest BCUT2D eigenvalue weighted by molar-refractivity contribution is 6.29. The standard InChI is InChI=1S/C20H17ClF2N6O3/c1-9(30)19-26-15(18(22)23)17(32-19)20(31)28-6-5-11-14(25-8-24-11)16(28)12-7-10-3-2-4-13(21)29(10)27-12/h2-4,7-9,16,18,30H,5-6H2,1H3,(H,24,25)/t9-,16-/m0/s1. The highest BCUT2D eigenvalue weighted by atomic mass is 35.5. The van der Waals surface area contributed by atoms with Gasteiger partial charge >= 0.3 is 0 Å². The molecule has 0 bridgehead atoms. The van der Waals surface area contributed by atoms with E-state index in [1.807, 2.05) is 6.07 Å². The third kappa shape index (κ3) is 3.24. The first kappa shape index (κ1) is 20.6. The molecule has 12 heteroatoms. The summed E-state index contributed by atoms with van der Waals surface area (Å²) in [5, 5.41) is 14.6. The van der Waals surface area contributed by atoms with Crippen molar-refractivity contribution in [1.82, 2.24) is 29.5 Å². The van der Waals surface area contributed by atoms with Crippen LogP contribution in [0.2, 0.25) is 5.15 Å². The van der Waals surface area contributed by atoms with Crippen LogP contribution in [0.1, 0.15) is 64.7 Å². The van der Waals surface area contributed by atoms with Gasteiger partial charge in [-0.15, -0.1) is 0 Å². The van der Waals surface area contributed by atoms with E-state index in [4.69, 9.17) is 16.0 Å². The predicted molar refractivity (Wildman–Crippen MR) is 107 cm³/mol. The minimum absolute atomic E-state index is 0.202. The maximum Gasteiger partial charge on any atom is 0.292 e. The summed E-state index contributed by atoms with van der Waals surface area (Å²) in [5.74, 6) is -1.75. The molecule has 0 spiro atoms. The van der Waals surface area contributed by atoms with Crippen molar-refractivity contribution in [3.05, 3.63) is 70.2 Å². The van der Waals surface area contributed by atoms with Crippen molar-refractivity contribution in [3.63, 3.8) is 0 Å². The Bertz CT molecular complexity index is 1310. The molecule has 0 radical (unpaired) electrons. The topological polar surface area (TPSA) is 113 Å². The van der Waals surface area contributed by atoms with Gasteiger partial charge in [-0.1, -0.05) is 17.7 Å². The van der Waals surface area contributed by atoms with Crippen molar-refractivity contribution in [2.45, 2.75) is 31.9 Å². The molecule has 1 aliphatic rings. The molecule has 4 aromatic heterocycles. The van der Waals surface area contributed by atoms with Crippen LogP contribution in [0, 0.1) is 0 Å². The van der Waals surface area contributed by atoms with Gasteiger partial charge in [-0.25, -0.2) is 23.3 Å². The summed E-state index contributed by atoms with van der Waals surface area (Å²) in [6, 6.07) is 6.25. The Morgan fingerprint density at radius 2 is 2.22 bits per heavy atom. The zero-order valence-electron chi connectivity index (χ0n) is 16.7. The Labute approximate surface area is 184 Å². The molecule has 32 heavy (non-hydrogen) atoms. The summed E-state index contributed by atoms with van der Waals surface area (Å²) in [7, 11) is 0. The van der Waals surface area contributed by atoms with Crippen molar-refractivity contribution in [2.24, 2.45) is 0 Å². The van der Waals surface area contributed by atoms with Crippen LogP contribution in [-0.4, -0.2) is 47.0 Å². The number of carbonyl (C=O) groups is 1. The van der Waals surface area contributed by atoms with Gasteiger partial charge in [-0.3, -0.25) is 4.79 Å². The molecular weight excluding hydrogens is 446 g/mol. The highest BCUT2D eigenvalue weighted by Crippen LogP contribution is 2.36. The van der Waals surface area contributed by atoms with E-state index in [1.165, 1.54) is 22.7 Å². The SMILES string of the molecule is C[C@H](O)c1nc(C(F)F)c(C(=O)N2CCc3[nH]cnc3[C@@H]2c2cc3cccc(Cl)n3n2)o1. The third-order valence-electron chi connectivity index (χ3n) is 5.35. The molecule has 1 amide bonds. The summed E-state index contributed by atoms with van der Waals surface area (Å²) in [5.41, 5.74) is 1.73. The number of rotatable bonds is 4. The number of aromatic nitrogens is 5. The number of fused-ring (bicyclic) bond motifs is 2. The van der Waals surface area contributed by atoms with E-state index in [1.54, 1.807) is 18.2 Å². The molecule has 1 aliphatic heterocycles. The molecule has 0 aromatic carbocycles. The number of aliphatic hydroxyl groups excluding tert-OH is 1. The van der Waals surface area contributed by atoms with Crippen molar-refractivity contribution >= 4 is 23.0 Å². The molecule has 0 saturated heterocycles. The first-order chi connectivity index (χ1) is 15.3. The van der Waals surface area contributed by atoms with Crippen LogP contribution in [0.3, 0.4) is 0 Å². The molecule has 2 atom stereocenters. The first-order valence-electron chi connectivity index (χ1n) is 9.79. The largest absolute Gasteiger partial charge is 0.432 e. The molecule has 9 nitrogen and oxygen atoms in total. The molecule has 0 saturated carbocycles.